The first-order chi connectivity index (χ1) is 22.9. The Morgan fingerprint density at radius 2 is 0.958 bits per heavy atom. The van der Waals surface area contributed by atoms with Crippen LogP contribution in [0.5, 0.6) is 11.5 Å². The summed E-state index contributed by atoms with van der Waals surface area (Å²) in [7, 11) is 0. The van der Waals surface area contributed by atoms with E-state index in [1.807, 2.05) is 12.1 Å². The molecule has 2 aromatic carbocycles. The highest BCUT2D eigenvalue weighted by atomic mass is 19.4. The van der Waals surface area contributed by atoms with E-state index >= 15 is 0 Å². The van der Waals surface area contributed by atoms with Gasteiger partial charge in [0.15, 0.2) is 11.6 Å². The highest BCUT2D eigenvalue weighted by Crippen LogP contribution is 2.45. The normalized spacial score (nSPS) is 31.4. The maximum absolute atomic E-state index is 13.9. The molecule has 6 rings (SSSR count). The van der Waals surface area contributed by atoms with E-state index in [0.717, 1.165) is 72.8 Å². The number of hydrogen-bond donors (Lipinski definition) is 0. The van der Waals surface area contributed by atoms with Crippen molar-refractivity contribution in [1.82, 2.24) is 0 Å². The lowest BCUT2D eigenvalue weighted by Crippen LogP contribution is -2.24. The summed E-state index contributed by atoms with van der Waals surface area (Å²) in [5.41, 5.74) is 2.07. The molecule has 4 saturated carbocycles. The lowest BCUT2D eigenvalue weighted by atomic mass is 9.68. The van der Waals surface area contributed by atoms with Gasteiger partial charge in [0.2, 0.25) is 0 Å². The van der Waals surface area contributed by atoms with Crippen molar-refractivity contribution in [2.75, 3.05) is 0 Å². The highest BCUT2D eigenvalue weighted by Gasteiger charge is 2.34. The standard InChI is InChI=1S/C20H26F4O.C20H28F2O/c1-13-2-4-14(5-3-13)15-6-8-16(9-7-15)17-10-11-19(18(21)12-17)25-20(22,23)24;1-14-2-4-15(5-3-14)16-6-8-17(9-7-16)18-10-12-19(13-11-18)23-20(21)22/h10-16H,2-9H2,1H3;10-17,20H,2-9H2,1H3. The molecule has 4 fully saturated rings. The summed E-state index contributed by atoms with van der Waals surface area (Å²) >= 11 is 0. The first-order valence-corrected chi connectivity index (χ1v) is 18.5. The second kappa shape index (κ2) is 17.0. The molecule has 0 saturated heterocycles. The van der Waals surface area contributed by atoms with Crippen molar-refractivity contribution in [2.45, 2.75) is 141 Å². The van der Waals surface area contributed by atoms with Crippen LogP contribution in [0.2, 0.25) is 0 Å². The number of hydrogen-bond acceptors (Lipinski definition) is 2. The fraction of sp³-hybridized carbons (Fsp3) is 0.700. The van der Waals surface area contributed by atoms with Gasteiger partial charge in [0.25, 0.3) is 0 Å². The quantitative estimate of drug-likeness (QED) is 0.271. The van der Waals surface area contributed by atoms with Crippen LogP contribution in [-0.2, 0) is 0 Å². The maximum atomic E-state index is 13.9. The van der Waals surface area contributed by atoms with Crippen molar-refractivity contribution in [3.63, 3.8) is 0 Å². The number of rotatable bonds is 7. The first kappa shape index (κ1) is 36.9. The molecule has 0 bridgehead atoms. The van der Waals surface area contributed by atoms with Gasteiger partial charge in [-0.1, -0.05) is 57.7 Å². The molecule has 0 spiro atoms. The summed E-state index contributed by atoms with van der Waals surface area (Å²) in [6.45, 7) is 1.97. The summed E-state index contributed by atoms with van der Waals surface area (Å²) in [4.78, 5) is 0. The summed E-state index contributed by atoms with van der Waals surface area (Å²) in [5, 5.41) is 0. The predicted octanol–water partition coefficient (Wildman–Crippen LogP) is 13.2. The minimum Gasteiger partial charge on any atom is -0.435 e. The van der Waals surface area contributed by atoms with Gasteiger partial charge >= 0.3 is 13.0 Å². The third kappa shape index (κ3) is 10.8. The molecular weight excluding hydrogens is 626 g/mol. The topological polar surface area (TPSA) is 18.5 Å². The second-order valence-corrected chi connectivity index (χ2v) is 15.4. The van der Waals surface area contributed by atoms with Crippen molar-refractivity contribution in [3.8, 4) is 11.5 Å². The molecule has 0 atom stereocenters. The maximum Gasteiger partial charge on any atom is 0.573 e. The molecule has 8 heteroatoms. The molecule has 0 aliphatic heterocycles. The van der Waals surface area contributed by atoms with E-state index in [2.05, 4.69) is 23.3 Å². The average Bonchev–Trinajstić information content (AvgIpc) is 3.06. The molecule has 48 heavy (non-hydrogen) atoms. The minimum atomic E-state index is -4.86. The van der Waals surface area contributed by atoms with Crippen molar-refractivity contribution >= 4 is 0 Å². The SMILES string of the molecule is CC1CCC(C2CCC(c3ccc(OC(F)(F)F)c(F)c3)CC2)CC1.CC1CCC(C2CCC(c3ccc(OC(F)F)cc3)CC2)CC1. The fourth-order valence-electron chi connectivity index (χ4n) is 9.26. The van der Waals surface area contributed by atoms with Gasteiger partial charge in [-0.3, -0.25) is 0 Å². The van der Waals surface area contributed by atoms with E-state index in [4.69, 9.17) is 0 Å². The van der Waals surface area contributed by atoms with Crippen LogP contribution in [0, 0.1) is 41.3 Å². The molecule has 268 valence electrons. The van der Waals surface area contributed by atoms with E-state index in [0.29, 0.717) is 5.92 Å². The van der Waals surface area contributed by atoms with Crippen LogP contribution in [0.1, 0.15) is 140 Å². The average molecular weight is 681 g/mol. The monoisotopic (exact) mass is 680 g/mol. The van der Waals surface area contributed by atoms with Gasteiger partial charge in [-0.05, 0) is 160 Å². The Morgan fingerprint density at radius 3 is 1.35 bits per heavy atom. The van der Waals surface area contributed by atoms with Gasteiger partial charge in [-0.2, -0.15) is 8.78 Å². The van der Waals surface area contributed by atoms with Crippen molar-refractivity contribution in [1.29, 1.82) is 0 Å². The lowest BCUT2D eigenvalue weighted by Gasteiger charge is -2.37. The number of alkyl halides is 5. The molecule has 4 aliphatic carbocycles. The molecular formula is C40H54F6O2. The van der Waals surface area contributed by atoms with Crippen molar-refractivity contribution in [2.24, 2.45) is 35.5 Å². The summed E-state index contributed by atoms with van der Waals surface area (Å²) in [5.74, 6) is 4.66. The summed E-state index contributed by atoms with van der Waals surface area (Å²) in [6.07, 6.45) is 15.6. The lowest BCUT2D eigenvalue weighted by molar-refractivity contribution is -0.275. The Morgan fingerprint density at radius 1 is 0.562 bits per heavy atom. The second-order valence-electron chi connectivity index (χ2n) is 15.4. The number of halogens is 6. The first-order valence-electron chi connectivity index (χ1n) is 18.5. The van der Waals surface area contributed by atoms with Crippen LogP contribution in [0.3, 0.4) is 0 Å². The van der Waals surface area contributed by atoms with Gasteiger partial charge in [0.05, 0.1) is 0 Å². The Balaban J connectivity index is 0.000000188. The molecule has 0 heterocycles. The van der Waals surface area contributed by atoms with Gasteiger partial charge in [-0.25, -0.2) is 4.39 Å². The molecule has 2 aromatic rings. The predicted molar refractivity (Wildman–Crippen MR) is 178 cm³/mol. The third-order valence-corrected chi connectivity index (χ3v) is 12.2. The van der Waals surface area contributed by atoms with E-state index in [1.54, 1.807) is 18.2 Å². The number of benzene rings is 2. The fourth-order valence-corrected chi connectivity index (χ4v) is 9.26. The van der Waals surface area contributed by atoms with Gasteiger partial charge in [0.1, 0.15) is 5.75 Å². The minimum absolute atomic E-state index is 0.244. The van der Waals surface area contributed by atoms with Gasteiger partial charge in [0, 0.05) is 0 Å². The van der Waals surface area contributed by atoms with E-state index < -0.39 is 24.5 Å². The van der Waals surface area contributed by atoms with Crippen LogP contribution < -0.4 is 9.47 Å². The largest absolute Gasteiger partial charge is 0.573 e. The Bertz CT molecular complexity index is 1230. The molecule has 0 amide bonds. The smallest absolute Gasteiger partial charge is 0.435 e. The van der Waals surface area contributed by atoms with Crippen LogP contribution in [0.4, 0.5) is 26.3 Å². The van der Waals surface area contributed by atoms with Crippen LogP contribution in [0.15, 0.2) is 42.5 Å². The van der Waals surface area contributed by atoms with Crippen LogP contribution in [0.25, 0.3) is 0 Å². The number of ether oxygens (including phenoxy) is 2. The molecule has 4 aliphatic rings. The van der Waals surface area contributed by atoms with Gasteiger partial charge < -0.3 is 9.47 Å². The zero-order valence-corrected chi connectivity index (χ0v) is 28.6. The summed E-state index contributed by atoms with van der Waals surface area (Å²) in [6, 6.07) is 11.2. The van der Waals surface area contributed by atoms with Crippen molar-refractivity contribution in [3.05, 3.63) is 59.4 Å². The van der Waals surface area contributed by atoms with Crippen molar-refractivity contribution < 1.29 is 35.8 Å². The molecule has 0 N–H and O–H groups in total. The zero-order valence-electron chi connectivity index (χ0n) is 28.6. The zero-order chi connectivity index (χ0) is 34.3. The van der Waals surface area contributed by atoms with E-state index in [1.165, 1.54) is 88.7 Å². The van der Waals surface area contributed by atoms with Crippen LogP contribution in [-0.4, -0.2) is 13.0 Å². The summed E-state index contributed by atoms with van der Waals surface area (Å²) < 4.78 is 83.1. The Kier molecular flexibility index (Phi) is 13.1. The Labute approximate surface area is 283 Å². The molecule has 2 nitrogen and oxygen atoms in total. The highest BCUT2D eigenvalue weighted by molar-refractivity contribution is 5.32. The van der Waals surface area contributed by atoms with Crippen LogP contribution >= 0.6 is 0 Å². The Hall–Kier alpha value is -2.38. The van der Waals surface area contributed by atoms with Gasteiger partial charge in [-0.15, -0.1) is 13.2 Å². The molecule has 0 unspecified atom stereocenters. The van der Waals surface area contributed by atoms with E-state index in [9.17, 15) is 26.3 Å². The third-order valence-electron chi connectivity index (χ3n) is 12.2. The van der Waals surface area contributed by atoms with E-state index in [-0.39, 0.29) is 11.7 Å². The molecule has 0 aromatic heterocycles. The molecule has 0 radical (unpaired) electrons.